The molecule has 2 amide bonds. The van der Waals surface area contributed by atoms with Gasteiger partial charge >= 0.3 is 7.12 Å². The largest absolute Gasteiger partial charge is 0.475 e. The minimum absolute atomic E-state index is 0.115. The first kappa shape index (κ1) is 26.4. The van der Waals surface area contributed by atoms with Crippen molar-refractivity contribution >= 4 is 35.5 Å². The van der Waals surface area contributed by atoms with Crippen LogP contribution in [0.1, 0.15) is 42.6 Å². The number of aryl methyl sites for hydroxylation is 1. The Balaban J connectivity index is 1.48. The lowest BCUT2D eigenvalue weighted by molar-refractivity contribution is -0.144. The molecular weight excluding hydrogens is 471 g/mol. The molecule has 2 atom stereocenters. The van der Waals surface area contributed by atoms with Gasteiger partial charge in [0.25, 0.3) is 11.8 Å². The van der Waals surface area contributed by atoms with Crippen LogP contribution >= 0.6 is 0 Å². The maximum Gasteiger partial charge on any atom is 0.475 e. The molecular formula is C27H33BN4O5. The van der Waals surface area contributed by atoms with Crippen molar-refractivity contribution in [2.75, 3.05) is 6.54 Å². The van der Waals surface area contributed by atoms with Crippen molar-refractivity contribution < 1.29 is 24.5 Å². The van der Waals surface area contributed by atoms with Gasteiger partial charge in [-0.25, -0.2) is 0 Å². The summed E-state index contributed by atoms with van der Waals surface area (Å²) in [5.41, 5.74) is 1.53. The highest BCUT2D eigenvalue weighted by Crippen LogP contribution is 2.29. The summed E-state index contributed by atoms with van der Waals surface area (Å²) >= 11 is 0. The molecule has 3 aromatic rings. The normalized spacial score (nSPS) is 17.8. The molecule has 1 aliphatic rings. The van der Waals surface area contributed by atoms with E-state index in [-0.39, 0.29) is 31.2 Å². The number of amides is 2. The van der Waals surface area contributed by atoms with Crippen LogP contribution in [0.2, 0.25) is 0 Å². The first-order chi connectivity index (χ1) is 17.7. The second-order valence-electron chi connectivity index (χ2n) is 10.1. The first-order valence-electron chi connectivity index (χ1n) is 12.5. The molecule has 4 rings (SSSR count). The van der Waals surface area contributed by atoms with Gasteiger partial charge in [-0.05, 0) is 24.0 Å². The fourth-order valence-corrected chi connectivity index (χ4v) is 4.73. The molecule has 9 nitrogen and oxygen atoms in total. The number of carbonyl (C=O) groups is 2. The highest BCUT2D eigenvalue weighted by molar-refractivity contribution is 6.43. The summed E-state index contributed by atoms with van der Waals surface area (Å²) in [4.78, 5) is 32.3. The Kier molecular flexibility index (Phi) is 7.99. The predicted molar refractivity (Wildman–Crippen MR) is 143 cm³/mol. The van der Waals surface area contributed by atoms with Crippen molar-refractivity contribution in [2.45, 2.75) is 44.7 Å². The van der Waals surface area contributed by atoms with Crippen LogP contribution in [0.15, 0.2) is 65.9 Å². The molecule has 0 bridgehead atoms. The molecule has 4 N–H and O–H groups in total. The summed E-state index contributed by atoms with van der Waals surface area (Å²) < 4.78 is 1.90. The van der Waals surface area contributed by atoms with E-state index in [1.807, 2.05) is 80.1 Å². The lowest BCUT2D eigenvalue weighted by Crippen LogP contribution is -2.56. The average Bonchev–Trinajstić information content (AvgIpc) is 3.44. The highest BCUT2D eigenvalue weighted by atomic mass is 16.7. The topological polar surface area (TPSA) is 125 Å². The predicted octanol–water partition coefficient (Wildman–Crippen LogP) is 2.21. The molecule has 1 aliphatic heterocycles. The molecule has 0 fully saturated rings. The van der Waals surface area contributed by atoms with Gasteiger partial charge in [0, 0.05) is 37.0 Å². The standard InChI is InChI=1S/C27H33BN4O5/c1-18(2)13-24(28(35)36)30-26(34)27(14-19-9-5-4-6-10-19)15-20(31-37-27)16-29-25(33)22-17-32(3)23-12-8-7-11-21(22)23/h4-12,17-18,24,35-36H,13-16H2,1-3H3,(H,29,33)(H,30,34). The van der Waals surface area contributed by atoms with Crippen LogP contribution in [-0.2, 0) is 23.1 Å². The molecule has 2 heterocycles. The Bertz CT molecular complexity index is 1290. The molecule has 1 aromatic heterocycles. The van der Waals surface area contributed by atoms with E-state index in [1.165, 1.54) is 0 Å². The molecule has 0 saturated carbocycles. The molecule has 0 radical (unpaired) electrons. The number of aromatic nitrogens is 1. The van der Waals surface area contributed by atoms with Gasteiger partial charge in [-0.3, -0.25) is 9.59 Å². The highest BCUT2D eigenvalue weighted by Gasteiger charge is 2.48. The lowest BCUT2D eigenvalue weighted by atomic mass is 9.74. The lowest BCUT2D eigenvalue weighted by Gasteiger charge is -2.29. The molecule has 0 aliphatic carbocycles. The molecule has 194 valence electrons. The molecule has 37 heavy (non-hydrogen) atoms. The number of nitrogens with one attached hydrogen (secondary N) is 2. The van der Waals surface area contributed by atoms with E-state index < -0.39 is 24.6 Å². The molecule has 2 unspecified atom stereocenters. The van der Waals surface area contributed by atoms with E-state index in [4.69, 9.17) is 4.84 Å². The van der Waals surface area contributed by atoms with Crippen LogP contribution in [0.3, 0.4) is 0 Å². The third-order valence-electron chi connectivity index (χ3n) is 6.58. The Morgan fingerprint density at radius 3 is 2.54 bits per heavy atom. The van der Waals surface area contributed by atoms with Gasteiger partial charge in [-0.15, -0.1) is 0 Å². The third-order valence-corrected chi connectivity index (χ3v) is 6.58. The summed E-state index contributed by atoms with van der Waals surface area (Å²) in [6, 6.07) is 17.1. The summed E-state index contributed by atoms with van der Waals surface area (Å²) in [5.74, 6) is -1.43. The second kappa shape index (κ2) is 11.2. The van der Waals surface area contributed by atoms with Crippen LogP contribution < -0.4 is 10.6 Å². The van der Waals surface area contributed by atoms with Gasteiger partial charge in [0.1, 0.15) is 0 Å². The van der Waals surface area contributed by atoms with Crippen LogP contribution in [-0.4, -0.2) is 57.3 Å². The summed E-state index contributed by atoms with van der Waals surface area (Å²) in [5, 5.41) is 30.3. The summed E-state index contributed by atoms with van der Waals surface area (Å²) in [6.45, 7) is 3.99. The molecule has 10 heteroatoms. The Labute approximate surface area is 216 Å². The van der Waals surface area contributed by atoms with Crippen LogP contribution in [0.5, 0.6) is 0 Å². The number of rotatable bonds is 10. The van der Waals surface area contributed by atoms with Crippen LogP contribution in [0.4, 0.5) is 0 Å². The van der Waals surface area contributed by atoms with Crippen molar-refractivity contribution in [3.8, 4) is 0 Å². The molecule has 0 saturated heterocycles. The number of hydrogen-bond acceptors (Lipinski definition) is 6. The smallest absolute Gasteiger partial charge is 0.426 e. The number of para-hydroxylation sites is 1. The number of hydrogen-bond donors (Lipinski definition) is 4. The van der Waals surface area contributed by atoms with Gasteiger partial charge in [-0.2, -0.15) is 0 Å². The molecule has 0 spiro atoms. The zero-order valence-corrected chi connectivity index (χ0v) is 21.3. The molecule has 2 aromatic carbocycles. The SMILES string of the molecule is CC(C)CC(NC(=O)C1(Cc2ccccc2)CC(CNC(=O)c2cn(C)c3ccccc23)=NO1)B(O)O. The zero-order valence-electron chi connectivity index (χ0n) is 21.3. The van der Waals surface area contributed by atoms with Crippen molar-refractivity contribution in [1.82, 2.24) is 15.2 Å². The van der Waals surface area contributed by atoms with E-state index in [0.717, 1.165) is 16.5 Å². The quantitative estimate of drug-likeness (QED) is 0.315. The van der Waals surface area contributed by atoms with Gasteiger partial charge in [0.05, 0.1) is 23.8 Å². The van der Waals surface area contributed by atoms with Crippen molar-refractivity contribution in [3.63, 3.8) is 0 Å². The fourth-order valence-electron chi connectivity index (χ4n) is 4.73. The second-order valence-corrected chi connectivity index (χ2v) is 10.1. The number of benzene rings is 2. The Morgan fingerprint density at radius 2 is 1.84 bits per heavy atom. The first-order valence-corrected chi connectivity index (χ1v) is 12.5. The van der Waals surface area contributed by atoms with Crippen LogP contribution in [0.25, 0.3) is 10.9 Å². The van der Waals surface area contributed by atoms with Gasteiger partial charge in [0.2, 0.25) is 5.60 Å². The van der Waals surface area contributed by atoms with E-state index >= 15 is 0 Å². The van der Waals surface area contributed by atoms with Gasteiger partial charge in [-0.1, -0.05) is 67.5 Å². The van der Waals surface area contributed by atoms with Crippen molar-refractivity contribution in [2.24, 2.45) is 18.1 Å². The maximum absolute atomic E-state index is 13.5. The van der Waals surface area contributed by atoms with E-state index in [1.54, 1.807) is 6.20 Å². The van der Waals surface area contributed by atoms with Gasteiger partial charge < -0.3 is 30.1 Å². The van der Waals surface area contributed by atoms with Crippen LogP contribution in [0, 0.1) is 5.92 Å². The Hall–Kier alpha value is -3.63. The van der Waals surface area contributed by atoms with Crippen molar-refractivity contribution in [1.29, 1.82) is 0 Å². The Morgan fingerprint density at radius 1 is 1.14 bits per heavy atom. The fraction of sp³-hybridized carbons (Fsp3) is 0.370. The van der Waals surface area contributed by atoms with E-state index in [2.05, 4.69) is 15.8 Å². The number of oxime groups is 1. The zero-order chi connectivity index (χ0) is 26.6. The third kappa shape index (κ3) is 6.03. The average molecular weight is 504 g/mol. The minimum atomic E-state index is -1.71. The number of nitrogens with zero attached hydrogens (tertiary/aromatic N) is 2. The van der Waals surface area contributed by atoms with Gasteiger partial charge in [0.15, 0.2) is 0 Å². The monoisotopic (exact) mass is 504 g/mol. The van der Waals surface area contributed by atoms with E-state index in [9.17, 15) is 19.6 Å². The number of fused-ring (bicyclic) bond motifs is 1. The minimum Gasteiger partial charge on any atom is -0.426 e. The number of carbonyl (C=O) groups excluding carboxylic acids is 2. The summed E-state index contributed by atoms with van der Waals surface area (Å²) in [6.07, 6.45) is 2.56. The van der Waals surface area contributed by atoms with E-state index in [0.29, 0.717) is 17.7 Å². The maximum atomic E-state index is 13.5. The van der Waals surface area contributed by atoms with Crippen molar-refractivity contribution in [3.05, 3.63) is 71.9 Å². The summed E-state index contributed by atoms with van der Waals surface area (Å²) in [7, 11) is 0.183.